The quantitative estimate of drug-likeness (QED) is 0.572. The van der Waals surface area contributed by atoms with Crippen LogP contribution >= 0.6 is 0 Å². The van der Waals surface area contributed by atoms with Gasteiger partial charge in [-0.25, -0.2) is 0 Å². The fourth-order valence-corrected chi connectivity index (χ4v) is 2.50. The van der Waals surface area contributed by atoms with Gasteiger partial charge in [0.15, 0.2) is 11.5 Å². The molecule has 6 heteroatoms. The van der Waals surface area contributed by atoms with Crippen molar-refractivity contribution in [1.82, 2.24) is 4.90 Å². The van der Waals surface area contributed by atoms with Crippen molar-refractivity contribution < 1.29 is 14.3 Å². The third-order valence-electron chi connectivity index (χ3n) is 3.95. The average molecular weight is 365 g/mol. The summed E-state index contributed by atoms with van der Waals surface area (Å²) < 4.78 is 10.4. The first-order valence-electron chi connectivity index (χ1n) is 8.54. The third-order valence-corrected chi connectivity index (χ3v) is 3.95. The molecule has 2 aromatic carbocycles. The summed E-state index contributed by atoms with van der Waals surface area (Å²) in [7, 11) is 3.06. The summed E-state index contributed by atoms with van der Waals surface area (Å²) in [4.78, 5) is 14.4. The van der Waals surface area contributed by atoms with E-state index < -0.39 is 5.91 Å². The summed E-state index contributed by atoms with van der Waals surface area (Å²) in [6, 6.07) is 16.9. The lowest BCUT2D eigenvalue weighted by molar-refractivity contribution is -0.112. The first-order chi connectivity index (χ1) is 13.1. The number of nitriles is 1. The van der Waals surface area contributed by atoms with E-state index in [-0.39, 0.29) is 5.57 Å². The number of ether oxygens (including phenoxy) is 2. The minimum absolute atomic E-state index is 0.0302. The van der Waals surface area contributed by atoms with Gasteiger partial charge in [-0.1, -0.05) is 30.3 Å². The van der Waals surface area contributed by atoms with Crippen LogP contribution in [0.15, 0.2) is 60.3 Å². The van der Waals surface area contributed by atoms with Gasteiger partial charge in [0.1, 0.15) is 11.6 Å². The Kier molecular flexibility index (Phi) is 7.26. The van der Waals surface area contributed by atoms with Crippen molar-refractivity contribution in [3.63, 3.8) is 0 Å². The zero-order valence-corrected chi connectivity index (χ0v) is 15.7. The maximum Gasteiger partial charge on any atom is 0.267 e. The molecule has 1 amide bonds. The third kappa shape index (κ3) is 5.51. The summed E-state index contributed by atoms with van der Waals surface area (Å²) in [5.41, 5.74) is 1.65. The van der Waals surface area contributed by atoms with Crippen LogP contribution in [0.3, 0.4) is 0 Å². The molecule has 2 rings (SSSR count). The Balaban J connectivity index is 2.14. The predicted molar refractivity (Wildman–Crippen MR) is 104 cm³/mol. The molecule has 0 aromatic heterocycles. The molecule has 0 aliphatic rings. The van der Waals surface area contributed by atoms with Gasteiger partial charge in [-0.15, -0.1) is 0 Å². The molecule has 6 nitrogen and oxygen atoms in total. The first-order valence-corrected chi connectivity index (χ1v) is 8.54. The first kappa shape index (κ1) is 19.9. The Morgan fingerprint density at radius 1 is 1.15 bits per heavy atom. The molecule has 0 saturated carbocycles. The number of benzene rings is 2. The second-order valence-corrected chi connectivity index (χ2v) is 5.73. The van der Waals surface area contributed by atoms with Gasteiger partial charge in [0.25, 0.3) is 5.91 Å². The van der Waals surface area contributed by atoms with Crippen molar-refractivity contribution in [2.24, 2.45) is 0 Å². The van der Waals surface area contributed by atoms with Gasteiger partial charge < -0.3 is 19.7 Å². The number of hydrogen-bond donors (Lipinski definition) is 1. The second-order valence-electron chi connectivity index (χ2n) is 5.73. The smallest absolute Gasteiger partial charge is 0.267 e. The lowest BCUT2D eigenvalue weighted by Crippen LogP contribution is -2.21. The maximum atomic E-state index is 12.5. The number of nitrogens with zero attached hydrogens (tertiary/aromatic N) is 2. The number of methoxy groups -OCH3 is 2. The number of anilines is 1. The number of amides is 1. The van der Waals surface area contributed by atoms with Crippen LogP contribution < -0.4 is 14.8 Å². The highest BCUT2D eigenvalue weighted by Gasteiger charge is 2.13. The lowest BCUT2D eigenvalue weighted by atomic mass is 10.2. The van der Waals surface area contributed by atoms with E-state index in [1.54, 1.807) is 31.5 Å². The molecular weight excluding hydrogens is 342 g/mol. The molecule has 0 spiro atoms. The zero-order valence-electron chi connectivity index (χ0n) is 15.7. The molecule has 0 heterocycles. The van der Waals surface area contributed by atoms with Gasteiger partial charge in [0.2, 0.25) is 0 Å². The molecule has 140 valence electrons. The number of carbonyl (C=O) groups is 1. The molecule has 0 radical (unpaired) electrons. The van der Waals surface area contributed by atoms with Gasteiger partial charge in [-0.3, -0.25) is 4.79 Å². The van der Waals surface area contributed by atoms with Crippen molar-refractivity contribution in [2.75, 3.05) is 26.1 Å². The summed E-state index contributed by atoms with van der Waals surface area (Å²) in [5, 5.41) is 12.1. The van der Waals surface area contributed by atoms with E-state index >= 15 is 0 Å². The van der Waals surface area contributed by atoms with E-state index in [2.05, 4.69) is 5.32 Å². The monoisotopic (exact) mass is 365 g/mol. The normalized spacial score (nSPS) is 10.7. The Labute approximate surface area is 159 Å². The molecule has 0 atom stereocenters. The van der Waals surface area contributed by atoms with Crippen molar-refractivity contribution in [1.29, 1.82) is 5.26 Å². The number of rotatable bonds is 8. The summed E-state index contributed by atoms with van der Waals surface area (Å²) in [5.74, 6) is 0.583. The Hall–Kier alpha value is -3.46. The molecule has 0 fully saturated rings. The number of carbonyl (C=O) groups excluding carboxylic acids is 1. The lowest BCUT2D eigenvalue weighted by Gasteiger charge is -2.19. The van der Waals surface area contributed by atoms with E-state index in [1.165, 1.54) is 7.11 Å². The highest BCUT2D eigenvalue weighted by molar-refractivity contribution is 6.06. The second kappa shape index (κ2) is 9.88. The maximum absolute atomic E-state index is 12.5. The van der Waals surface area contributed by atoms with Gasteiger partial charge in [0.05, 0.1) is 14.2 Å². The van der Waals surface area contributed by atoms with Gasteiger partial charge >= 0.3 is 0 Å². The number of hydrogen-bond acceptors (Lipinski definition) is 5. The van der Waals surface area contributed by atoms with Crippen molar-refractivity contribution in [3.05, 3.63) is 65.9 Å². The van der Waals surface area contributed by atoms with Crippen LogP contribution in [-0.2, 0) is 11.3 Å². The Bertz CT molecular complexity index is 841. The van der Waals surface area contributed by atoms with Crippen LogP contribution in [-0.4, -0.2) is 31.6 Å². The van der Waals surface area contributed by atoms with Crippen LogP contribution in [0.25, 0.3) is 0 Å². The van der Waals surface area contributed by atoms with Crippen LogP contribution in [0.4, 0.5) is 5.69 Å². The summed E-state index contributed by atoms with van der Waals surface area (Å²) in [6.07, 6.45) is 1.59. The highest BCUT2D eigenvalue weighted by atomic mass is 16.5. The Morgan fingerprint density at radius 2 is 1.85 bits per heavy atom. The van der Waals surface area contributed by atoms with E-state index in [1.807, 2.05) is 48.2 Å². The average Bonchev–Trinajstić information content (AvgIpc) is 2.71. The van der Waals surface area contributed by atoms with Crippen LogP contribution in [0.5, 0.6) is 11.5 Å². The minimum atomic E-state index is -0.476. The van der Waals surface area contributed by atoms with Gasteiger partial charge in [0, 0.05) is 31.0 Å². The van der Waals surface area contributed by atoms with E-state index in [9.17, 15) is 10.1 Å². The largest absolute Gasteiger partial charge is 0.493 e. The SMILES string of the molecule is CCN(/C=C(/C#N)C(=O)Nc1ccc(OC)c(OC)c1)Cc1ccccc1. The number of nitrogens with one attached hydrogen (secondary N) is 1. The minimum Gasteiger partial charge on any atom is -0.493 e. The van der Waals surface area contributed by atoms with Crippen LogP contribution in [0, 0.1) is 11.3 Å². The van der Waals surface area contributed by atoms with E-state index in [4.69, 9.17) is 9.47 Å². The molecule has 0 unspecified atom stereocenters. The van der Waals surface area contributed by atoms with E-state index in [0.717, 1.165) is 5.56 Å². The van der Waals surface area contributed by atoms with Crippen molar-refractivity contribution in [2.45, 2.75) is 13.5 Å². The molecule has 0 bridgehead atoms. The molecule has 2 aromatic rings. The summed E-state index contributed by atoms with van der Waals surface area (Å²) in [6.45, 7) is 3.26. The predicted octanol–water partition coefficient (Wildman–Crippen LogP) is 3.57. The standard InChI is InChI=1S/C21H23N3O3/c1-4-24(14-16-8-6-5-7-9-16)15-17(13-22)21(25)23-18-10-11-19(26-2)20(12-18)27-3/h5-12,15H,4,14H2,1-3H3,(H,23,25)/b17-15-. The fraction of sp³-hybridized carbons (Fsp3) is 0.238. The highest BCUT2D eigenvalue weighted by Crippen LogP contribution is 2.29. The Morgan fingerprint density at radius 3 is 2.44 bits per heavy atom. The van der Waals surface area contributed by atoms with Gasteiger partial charge in [-0.2, -0.15) is 5.26 Å². The van der Waals surface area contributed by atoms with Crippen LogP contribution in [0.1, 0.15) is 12.5 Å². The zero-order chi connectivity index (χ0) is 19.6. The van der Waals surface area contributed by atoms with Crippen LogP contribution in [0.2, 0.25) is 0 Å². The molecule has 27 heavy (non-hydrogen) atoms. The molecule has 0 aliphatic heterocycles. The van der Waals surface area contributed by atoms with Crippen molar-refractivity contribution in [3.8, 4) is 17.6 Å². The molecular formula is C21H23N3O3. The van der Waals surface area contributed by atoms with Gasteiger partial charge in [-0.05, 0) is 24.6 Å². The molecule has 0 saturated heterocycles. The fourth-order valence-electron chi connectivity index (χ4n) is 2.50. The summed E-state index contributed by atoms with van der Waals surface area (Å²) >= 11 is 0. The van der Waals surface area contributed by atoms with Crippen molar-refractivity contribution >= 4 is 11.6 Å². The molecule has 1 N–H and O–H groups in total. The van der Waals surface area contributed by atoms with E-state index in [0.29, 0.717) is 30.3 Å². The topological polar surface area (TPSA) is 74.6 Å². The molecule has 0 aliphatic carbocycles.